The monoisotopic (exact) mass is 300 g/mol. The maximum absolute atomic E-state index is 10.6. The molecule has 94 valence electrons. The molecule has 0 saturated carbocycles. The zero-order chi connectivity index (χ0) is 12.8. The predicted molar refractivity (Wildman–Crippen MR) is 73.4 cm³/mol. The molecule has 5 heteroatoms. The Hall–Kier alpha value is -1.10. The van der Waals surface area contributed by atoms with E-state index in [4.69, 9.17) is 0 Å². The molecule has 0 aromatic heterocycles. The topological polar surface area (TPSA) is 55.2 Å². The molecule has 17 heavy (non-hydrogen) atoms. The van der Waals surface area contributed by atoms with Gasteiger partial charge in [-0.2, -0.15) is 0 Å². The number of benzene rings is 1. The van der Waals surface area contributed by atoms with Crippen molar-refractivity contribution in [1.82, 2.24) is 0 Å². The van der Waals surface area contributed by atoms with Crippen LogP contribution in [0, 0.1) is 16.0 Å². The first-order valence-electron chi connectivity index (χ1n) is 5.76. The van der Waals surface area contributed by atoms with Crippen LogP contribution in [0.3, 0.4) is 0 Å². The Labute approximate surface area is 110 Å². The smallest absolute Gasteiger partial charge is 0.270 e. The highest BCUT2D eigenvalue weighted by Gasteiger charge is 2.10. The Morgan fingerprint density at radius 1 is 1.41 bits per heavy atom. The minimum atomic E-state index is -0.393. The number of nitrogens with zero attached hydrogens (tertiary/aromatic N) is 1. The summed E-state index contributed by atoms with van der Waals surface area (Å²) in [6.45, 7) is 5.23. The van der Waals surface area contributed by atoms with Gasteiger partial charge >= 0.3 is 0 Å². The molecular formula is C12H17BrN2O2. The maximum Gasteiger partial charge on any atom is 0.270 e. The average molecular weight is 301 g/mol. The van der Waals surface area contributed by atoms with Gasteiger partial charge in [-0.15, -0.1) is 0 Å². The van der Waals surface area contributed by atoms with E-state index in [2.05, 4.69) is 35.1 Å². The fourth-order valence-electron chi connectivity index (χ4n) is 1.59. The zero-order valence-electron chi connectivity index (χ0n) is 10.1. The van der Waals surface area contributed by atoms with E-state index >= 15 is 0 Å². The molecular weight excluding hydrogens is 284 g/mol. The molecule has 0 atom stereocenters. The van der Waals surface area contributed by atoms with Gasteiger partial charge in [-0.1, -0.05) is 26.7 Å². The molecule has 1 rings (SSSR count). The molecule has 0 aliphatic heterocycles. The number of anilines is 1. The van der Waals surface area contributed by atoms with Crippen molar-refractivity contribution in [2.24, 2.45) is 5.92 Å². The van der Waals surface area contributed by atoms with Crippen LogP contribution in [0.25, 0.3) is 0 Å². The van der Waals surface area contributed by atoms with E-state index in [0.29, 0.717) is 5.92 Å². The predicted octanol–water partition coefficient (Wildman–Crippen LogP) is 4.21. The molecule has 0 heterocycles. The summed E-state index contributed by atoms with van der Waals surface area (Å²) < 4.78 is 0.734. The second-order valence-corrected chi connectivity index (χ2v) is 4.84. The first-order valence-corrected chi connectivity index (χ1v) is 6.55. The van der Waals surface area contributed by atoms with Crippen molar-refractivity contribution < 1.29 is 4.92 Å². The van der Waals surface area contributed by atoms with Crippen molar-refractivity contribution >= 4 is 27.3 Å². The van der Waals surface area contributed by atoms with Crippen molar-refractivity contribution in [2.45, 2.75) is 26.7 Å². The fraction of sp³-hybridized carbons (Fsp3) is 0.500. The lowest BCUT2D eigenvalue weighted by molar-refractivity contribution is -0.384. The highest BCUT2D eigenvalue weighted by Crippen LogP contribution is 2.27. The molecule has 0 aliphatic carbocycles. The molecule has 0 spiro atoms. The average Bonchev–Trinajstić information content (AvgIpc) is 2.31. The molecule has 1 N–H and O–H groups in total. The molecule has 4 nitrogen and oxygen atoms in total. The van der Waals surface area contributed by atoms with Crippen LogP contribution >= 0.6 is 15.9 Å². The third kappa shape index (κ3) is 4.00. The van der Waals surface area contributed by atoms with Crippen LogP contribution in [0.4, 0.5) is 11.4 Å². The van der Waals surface area contributed by atoms with Gasteiger partial charge in [-0.3, -0.25) is 10.1 Å². The highest BCUT2D eigenvalue weighted by molar-refractivity contribution is 9.10. The Kier molecular flexibility index (Phi) is 5.41. The van der Waals surface area contributed by atoms with E-state index in [9.17, 15) is 10.1 Å². The van der Waals surface area contributed by atoms with Crippen LogP contribution in [0.5, 0.6) is 0 Å². The van der Waals surface area contributed by atoms with Crippen LogP contribution in [0.2, 0.25) is 0 Å². The second kappa shape index (κ2) is 6.59. The van der Waals surface area contributed by atoms with Crippen molar-refractivity contribution in [3.8, 4) is 0 Å². The molecule has 0 fully saturated rings. The van der Waals surface area contributed by atoms with Gasteiger partial charge in [0.15, 0.2) is 0 Å². The summed E-state index contributed by atoms with van der Waals surface area (Å²) in [5.41, 5.74) is 1.01. The lowest BCUT2D eigenvalue weighted by atomic mass is 10.0. The first-order chi connectivity index (χ1) is 8.08. The number of nitro benzene ring substituents is 1. The normalized spacial score (nSPS) is 10.6. The van der Waals surface area contributed by atoms with E-state index in [1.807, 2.05) is 0 Å². The lowest BCUT2D eigenvalue weighted by Crippen LogP contribution is -2.12. The van der Waals surface area contributed by atoms with Gasteiger partial charge in [0.2, 0.25) is 0 Å². The van der Waals surface area contributed by atoms with Gasteiger partial charge in [-0.25, -0.2) is 0 Å². The van der Waals surface area contributed by atoms with Crippen LogP contribution in [0.15, 0.2) is 22.7 Å². The van der Waals surface area contributed by atoms with Crippen LogP contribution in [0.1, 0.15) is 26.7 Å². The molecule has 0 amide bonds. The van der Waals surface area contributed by atoms with Gasteiger partial charge in [0.1, 0.15) is 0 Å². The van der Waals surface area contributed by atoms with Gasteiger partial charge in [0.05, 0.1) is 4.92 Å². The van der Waals surface area contributed by atoms with Gasteiger partial charge in [0, 0.05) is 28.8 Å². The molecule has 0 aliphatic rings. The maximum atomic E-state index is 10.6. The Bertz CT molecular complexity index is 392. The third-order valence-electron chi connectivity index (χ3n) is 2.90. The van der Waals surface area contributed by atoms with E-state index in [1.165, 1.54) is 12.1 Å². The molecule has 0 bridgehead atoms. The summed E-state index contributed by atoms with van der Waals surface area (Å²) >= 11 is 3.34. The van der Waals surface area contributed by atoms with E-state index < -0.39 is 4.92 Å². The molecule has 0 saturated heterocycles. The fourth-order valence-corrected chi connectivity index (χ4v) is 2.10. The second-order valence-electron chi connectivity index (χ2n) is 3.98. The number of nitrogens with one attached hydrogen (secondary N) is 1. The van der Waals surface area contributed by atoms with Crippen molar-refractivity contribution in [2.75, 3.05) is 11.9 Å². The minimum Gasteiger partial charge on any atom is -0.384 e. The number of rotatable bonds is 6. The van der Waals surface area contributed by atoms with E-state index in [0.717, 1.165) is 29.5 Å². The standard InChI is InChI=1S/C12H17BrN2O2/c1-3-9(4-2)8-14-12-6-5-10(15(16)17)7-11(12)13/h5-7,9,14H,3-4,8H2,1-2H3. The number of halogens is 1. The molecule has 0 radical (unpaired) electrons. The number of nitro groups is 1. The summed E-state index contributed by atoms with van der Waals surface area (Å²) in [5.74, 6) is 0.636. The largest absolute Gasteiger partial charge is 0.384 e. The number of hydrogen-bond donors (Lipinski definition) is 1. The summed E-state index contributed by atoms with van der Waals surface area (Å²) in [4.78, 5) is 10.2. The summed E-state index contributed by atoms with van der Waals surface area (Å²) in [6.07, 6.45) is 2.27. The summed E-state index contributed by atoms with van der Waals surface area (Å²) in [6, 6.07) is 4.78. The summed E-state index contributed by atoms with van der Waals surface area (Å²) in [7, 11) is 0. The first kappa shape index (κ1) is 14.0. The number of hydrogen-bond acceptors (Lipinski definition) is 3. The third-order valence-corrected chi connectivity index (χ3v) is 3.56. The van der Waals surface area contributed by atoms with Gasteiger partial charge in [-0.05, 0) is 27.9 Å². The minimum absolute atomic E-state index is 0.102. The van der Waals surface area contributed by atoms with Crippen LogP contribution in [-0.2, 0) is 0 Å². The Morgan fingerprint density at radius 3 is 2.53 bits per heavy atom. The molecule has 1 aromatic carbocycles. The highest BCUT2D eigenvalue weighted by atomic mass is 79.9. The lowest BCUT2D eigenvalue weighted by Gasteiger charge is -2.15. The molecule has 0 unspecified atom stereocenters. The van der Waals surface area contributed by atoms with Crippen molar-refractivity contribution in [1.29, 1.82) is 0 Å². The SMILES string of the molecule is CCC(CC)CNc1ccc([N+](=O)[O-])cc1Br. The van der Waals surface area contributed by atoms with Crippen LogP contribution < -0.4 is 5.32 Å². The van der Waals surface area contributed by atoms with E-state index in [1.54, 1.807) is 6.07 Å². The van der Waals surface area contributed by atoms with Gasteiger partial charge < -0.3 is 5.32 Å². The van der Waals surface area contributed by atoms with Crippen molar-refractivity contribution in [3.63, 3.8) is 0 Å². The van der Waals surface area contributed by atoms with Crippen molar-refractivity contribution in [3.05, 3.63) is 32.8 Å². The van der Waals surface area contributed by atoms with E-state index in [-0.39, 0.29) is 5.69 Å². The Morgan fingerprint density at radius 2 is 2.06 bits per heavy atom. The summed E-state index contributed by atoms with van der Waals surface area (Å²) in [5, 5.41) is 13.9. The zero-order valence-corrected chi connectivity index (χ0v) is 11.7. The quantitative estimate of drug-likeness (QED) is 0.632. The Balaban J connectivity index is 2.69. The van der Waals surface area contributed by atoms with Gasteiger partial charge in [0.25, 0.3) is 5.69 Å². The molecule has 1 aromatic rings. The number of non-ortho nitro benzene ring substituents is 1. The van der Waals surface area contributed by atoms with Crippen LogP contribution in [-0.4, -0.2) is 11.5 Å².